The van der Waals surface area contributed by atoms with Crippen LogP contribution < -0.4 is 4.72 Å². The molecular formula is C13H18N2O6S. The third-order valence-corrected chi connectivity index (χ3v) is 4.70. The van der Waals surface area contributed by atoms with Gasteiger partial charge in [-0.25, -0.2) is 13.1 Å². The molecule has 0 aliphatic carbocycles. The second-order valence-corrected chi connectivity index (χ2v) is 6.52. The minimum Gasteiger partial charge on any atom is -0.353 e. The molecule has 2 rings (SSSR count). The summed E-state index contributed by atoms with van der Waals surface area (Å²) < 4.78 is 37.3. The van der Waals surface area contributed by atoms with Gasteiger partial charge >= 0.3 is 0 Å². The maximum atomic E-state index is 12.1. The van der Waals surface area contributed by atoms with Gasteiger partial charge in [0, 0.05) is 19.2 Å². The van der Waals surface area contributed by atoms with Crippen molar-refractivity contribution in [3.8, 4) is 0 Å². The normalized spacial score (nSPS) is 19.0. The zero-order chi connectivity index (χ0) is 16.0. The third kappa shape index (κ3) is 4.47. The highest BCUT2D eigenvalue weighted by Crippen LogP contribution is 2.22. The van der Waals surface area contributed by atoms with E-state index in [0.717, 1.165) is 25.3 Å². The maximum absolute atomic E-state index is 12.1. The summed E-state index contributed by atoms with van der Waals surface area (Å²) in [5.41, 5.74) is -0.452. The molecule has 0 aromatic heterocycles. The van der Waals surface area contributed by atoms with Gasteiger partial charge in [-0.2, -0.15) is 0 Å². The molecule has 1 fully saturated rings. The Morgan fingerprint density at radius 3 is 2.82 bits per heavy atom. The monoisotopic (exact) mass is 330 g/mol. The molecule has 122 valence electrons. The molecule has 22 heavy (non-hydrogen) atoms. The van der Waals surface area contributed by atoms with Gasteiger partial charge in [0.1, 0.15) is 0 Å². The lowest BCUT2D eigenvalue weighted by molar-refractivity contribution is -0.387. The van der Waals surface area contributed by atoms with Gasteiger partial charge in [0.25, 0.3) is 5.69 Å². The first-order chi connectivity index (χ1) is 10.5. The highest BCUT2D eigenvalue weighted by molar-refractivity contribution is 7.89. The van der Waals surface area contributed by atoms with E-state index >= 15 is 0 Å². The Bertz CT molecular complexity index is 613. The van der Waals surface area contributed by atoms with Crippen molar-refractivity contribution in [2.45, 2.75) is 30.4 Å². The fourth-order valence-electron chi connectivity index (χ4n) is 2.12. The first-order valence-corrected chi connectivity index (χ1v) is 8.45. The van der Waals surface area contributed by atoms with E-state index in [9.17, 15) is 18.5 Å². The first-order valence-electron chi connectivity index (χ1n) is 6.97. The number of para-hydroxylation sites is 1. The molecule has 1 aliphatic heterocycles. The molecule has 8 nitrogen and oxygen atoms in total. The van der Waals surface area contributed by atoms with Crippen LogP contribution in [-0.2, 0) is 19.5 Å². The first kappa shape index (κ1) is 16.8. The van der Waals surface area contributed by atoms with Crippen molar-refractivity contribution in [1.29, 1.82) is 0 Å². The summed E-state index contributed by atoms with van der Waals surface area (Å²) in [6.07, 6.45) is 2.51. The number of nitro groups is 1. The lowest BCUT2D eigenvalue weighted by Crippen LogP contribution is -2.31. The molecule has 1 aromatic rings. The summed E-state index contributed by atoms with van der Waals surface area (Å²) in [5.74, 6) is 0. The number of ether oxygens (including phenoxy) is 2. The van der Waals surface area contributed by atoms with Crippen molar-refractivity contribution in [2.75, 3.05) is 19.8 Å². The van der Waals surface area contributed by atoms with Crippen LogP contribution in [0.25, 0.3) is 0 Å². The predicted molar refractivity (Wildman–Crippen MR) is 77.8 cm³/mol. The van der Waals surface area contributed by atoms with Crippen LogP contribution >= 0.6 is 0 Å². The summed E-state index contributed by atoms with van der Waals surface area (Å²) in [6, 6.07) is 5.21. The summed E-state index contributed by atoms with van der Waals surface area (Å²) >= 11 is 0. The summed E-state index contributed by atoms with van der Waals surface area (Å²) in [5, 5.41) is 10.9. The van der Waals surface area contributed by atoms with Crippen LogP contribution in [0.1, 0.15) is 19.3 Å². The van der Waals surface area contributed by atoms with Crippen molar-refractivity contribution in [2.24, 2.45) is 0 Å². The largest absolute Gasteiger partial charge is 0.353 e. The number of rotatable bonds is 7. The van der Waals surface area contributed by atoms with E-state index in [2.05, 4.69) is 4.72 Å². The van der Waals surface area contributed by atoms with E-state index in [4.69, 9.17) is 9.47 Å². The van der Waals surface area contributed by atoms with Crippen molar-refractivity contribution in [3.63, 3.8) is 0 Å². The number of nitrogens with zero attached hydrogens (tertiary/aromatic N) is 1. The molecule has 1 saturated heterocycles. The van der Waals surface area contributed by atoms with E-state index in [-0.39, 0.29) is 24.3 Å². The maximum Gasteiger partial charge on any atom is 0.289 e. The molecule has 0 spiro atoms. The Morgan fingerprint density at radius 2 is 2.14 bits per heavy atom. The number of hydrogen-bond acceptors (Lipinski definition) is 6. The zero-order valence-corrected chi connectivity index (χ0v) is 12.8. The Labute approximate surface area is 128 Å². The molecule has 1 N–H and O–H groups in total. The van der Waals surface area contributed by atoms with Gasteiger partial charge in [0.15, 0.2) is 11.2 Å². The number of sulfonamides is 1. The van der Waals surface area contributed by atoms with Crippen LogP contribution in [0.4, 0.5) is 5.69 Å². The Kier molecular flexibility index (Phi) is 5.83. The number of nitro benzene ring substituents is 1. The van der Waals surface area contributed by atoms with E-state index < -0.39 is 20.6 Å². The SMILES string of the molecule is O=[N+]([O-])c1ccccc1S(=O)(=O)NCCOC1CCCCO1. The molecule has 0 bridgehead atoms. The third-order valence-electron chi connectivity index (χ3n) is 3.19. The second-order valence-electron chi connectivity index (χ2n) is 4.79. The van der Waals surface area contributed by atoms with Gasteiger partial charge in [0.05, 0.1) is 11.5 Å². The van der Waals surface area contributed by atoms with E-state index in [0.29, 0.717) is 6.61 Å². The Morgan fingerprint density at radius 1 is 1.36 bits per heavy atom. The van der Waals surface area contributed by atoms with Gasteiger partial charge in [-0.3, -0.25) is 10.1 Å². The van der Waals surface area contributed by atoms with Crippen molar-refractivity contribution < 1.29 is 22.8 Å². The summed E-state index contributed by atoms with van der Waals surface area (Å²) in [6.45, 7) is 0.811. The van der Waals surface area contributed by atoms with Crippen molar-refractivity contribution >= 4 is 15.7 Å². The lowest BCUT2D eigenvalue weighted by atomic mass is 10.2. The Hall–Kier alpha value is -1.55. The topological polar surface area (TPSA) is 108 Å². The smallest absolute Gasteiger partial charge is 0.289 e. The van der Waals surface area contributed by atoms with Crippen molar-refractivity contribution in [3.05, 3.63) is 34.4 Å². The highest BCUT2D eigenvalue weighted by Gasteiger charge is 2.24. The van der Waals surface area contributed by atoms with Gasteiger partial charge in [-0.15, -0.1) is 0 Å². The van der Waals surface area contributed by atoms with Gasteiger partial charge in [-0.1, -0.05) is 12.1 Å². The van der Waals surface area contributed by atoms with Crippen LogP contribution in [0.15, 0.2) is 29.2 Å². The minimum atomic E-state index is -3.95. The van der Waals surface area contributed by atoms with Gasteiger partial charge in [0.2, 0.25) is 10.0 Å². The van der Waals surface area contributed by atoms with Crippen LogP contribution in [0, 0.1) is 10.1 Å². The quantitative estimate of drug-likeness (QED) is 0.460. The minimum absolute atomic E-state index is 0.0221. The van der Waals surface area contributed by atoms with Crippen LogP contribution in [0.3, 0.4) is 0 Å². The average molecular weight is 330 g/mol. The average Bonchev–Trinajstić information content (AvgIpc) is 2.52. The molecule has 1 aromatic carbocycles. The lowest BCUT2D eigenvalue weighted by Gasteiger charge is -2.22. The second kappa shape index (κ2) is 7.63. The fraction of sp³-hybridized carbons (Fsp3) is 0.538. The fourth-order valence-corrected chi connectivity index (χ4v) is 3.31. The molecule has 1 aliphatic rings. The standard InChI is InChI=1S/C13H18N2O6S/c16-15(17)11-5-1-2-6-12(11)22(18,19)14-8-10-21-13-7-3-4-9-20-13/h1-2,5-6,13-14H,3-4,7-10H2. The van der Waals surface area contributed by atoms with Crippen LogP contribution in [-0.4, -0.2) is 39.4 Å². The van der Waals surface area contributed by atoms with Gasteiger partial charge < -0.3 is 9.47 Å². The number of nitrogens with one attached hydrogen (secondary N) is 1. The molecule has 1 unspecified atom stereocenters. The van der Waals surface area contributed by atoms with Crippen LogP contribution in [0.5, 0.6) is 0 Å². The highest BCUT2D eigenvalue weighted by atomic mass is 32.2. The van der Waals surface area contributed by atoms with E-state index in [1.54, 1.807) is 0 Å². The molecule has 0 amide bonds. The summed E-state index contributed by atoms with van der Waals surface area (Å²) in [7, 11) is -3.95. The zero-order valence-electron chi connectivity index (χ0n) is 11.9. The molecule has 0 saturated carbocycles. The Balaban J connectivity index is 1.90. The molecule has 1 heterocycles. The predicted octanol–water partition coefficient (Wildman–Crippen LogP) is 1.42. The van der Waals surface area contributed by atoms with E-state index in [1.807, 2.05) is 0 Å². The van der Waals surface area contributed by atoms with Gasteiger partial charge in [-0.05, 0) is 25.3 Å². The number of benzene rings is 1. The van der Waals surface area contributed by atoms with Crippen molar-refractivity contribution in [1.82, 2.24) is 4.72 Å². The van der Waals surface area contributed by atoms with E-state index in [1.165, 1.54) is 18.2 Å². The molecule has 1 atom stereocenters. The molecule has 0 radical (unpaired) electrons. The molecule has 9 heteroatoms. The van der Waals surface area contributed by atoms with Crippen LogP contribution in [0.2, 0.25) is 0 Å². The summed E-state index contributed by atoms with van der Waals surface area (Å²) in [4.78, 5) is 9.80. The molecular weight excluding hydrogens is 312 g/mol. The number of hydrogen-bond donors (Lipinski definition) is 1.